The molecule has 0 fully saturated rings. The van der Waals surface area contributed by atoms with E-state index in [1.54, 1.807) is 37.3 Å². The molecule has 3 nitrogen and oxygen atoms in total. The number of nitrogens with one attached hydrogen (secondary N) is 1. The lowest BCUT2D eigenvalue weighted by Crippen LogP contribution is -2.43. The highest BCUT2D eigenvalue weighted by atomic mass is 35.5. The molecule has 2 N–H and O–H groups in total. The Bertz CT molecular complexity index is 420. The quantitative estimate of drug-likeness (QED) is 0.762. The number of hydrogen-bond donors (Lipinski definition) is 2. The summed E-state index contributed by atoms with van der Waals surface area (Å²) < 4.78 is 0. The third kappa shape index (κ3) is 3.79. The van der Waals surface area contributed by atoms with E-state index in [1.165, 1.54) is 0 Å². The van der Waals surface area contributed by atoms with E-state index in [1.807, 2.05) is 0 Å². The molecular formula is C13H16ClNO2. The normalized spacial score (nSPS) is 13.8. The Labute approximate surface area is 106 Å². The Kier molecular flexibility index (Phi) is 4.58. The second-order valence-electron chi connectivity index (χ2n) is 4.10. The molecule has 0 aliphatic rings. The van der Waals surface area contributed by atoms with Crippen LogP contribution in [0.15, 0.2) is 36.9 Å². The van der Waals surface area contributed by atoms with E-state index in [0.29, 0.717) is 23.6 Å². The number of aliphatic carboxylic acids is 1. The number of anilines is 1. The summed E-state index contributed by atoms with van der Waals surface area (Å²) in [5, 5.41) is 12.8. The first-order valence-electron chi connectivity index (χ1n) is 5.36. The van der Waals surface area contributed by atoms with E-state index in [2.05, 4.69) is 11.9 Å². The first-order chi connectivity index (χ1) is 7.98. The largest absolute Gasteiger partial charge is 0.480 e. The monoisotopic (exact) mass is 253 g/mol. The van der Waals surface area contributed by atoms with Crippen LogP contribution in [0.1, 0.15) is 19.8 Å². The number of hydrogen-bond acceptors (Lipinski definition) is 2. The molecule has 0 amide bonds. The first kappa shape index (κ1) is 13.6. The van der Waals surface area contributed by atoms with E-state index in [0.717, 1.165) is 0 Å². The van der Waals surface area contributed by atoms with Gasteiger partial charge >= 0.3 is 5.97 Å². The third-order valence-corrected chi connectivity index (χ3v) is 2.80. The van der Waals surface area contributed by atoms with Crippen LogP contribution in [0.3, 0.4) is 0 Å². The Hall–Kier alpha value is -1.48. The molecule has 92 valence electrons. The average Bonchev–Trinajstić information content (AvgIpc) is 2.26. The fraction of sp³-hybridized carbons (Fsp3) is 0.308. The SMILES string of the molecule is C=CCCC(C)(Nc1cccc(Cl)c1)C(=O)O. The smallest absolute Gasteiger partial charge is 0.329 e. The fourth-order valence-electron chi connectivity index (χ4n) is 1.50. The van der Waals surface area contributed by atoms with Crippen molar-refractivity contribution >= 4 is 23.3 Å². The minimum atomic E-state index is -1.02. The van der Waals surface area contributed by atoms with E-state index in [4.69, 9.17) is 11.6 Å². The van der Waals surface area contributed by atoms with Gasteiger partial charge in [-0.05, 0) is 38.0 Å². The van der Waals surface area contributed by atoms with Crippen molar-refractivity contribution in [3.8, 4) is 0 Å². The van der Waals surface area contributed by atoms with Crippen LogP contribution >= 0.6 is 11.6 Å². The minimum absolute atomic E-state index is 0.471. The van der Waals surface area contributed by atoms with Gasteiger partial charge < -0.3 is 10.4 Å². The number of carboxylic acid groups (broad SMARTS) is 1. The topological polar surface area (TPSA) is 49.3 Å². The van der Waals surface area contributed by atoms with Crippen LogP contribution in [0.25, 0.3) is 0 Å². The van der Waals surface area contributed by atoms with Gasteiger partial charge in [0.25, 0.3) is 0 Å². The molecule has 0 aromatic heterocycles. The van der Waals surface area contributed by atoms with Crippen LogP contribution in [0.5, 0.6) is 0 Å². The highest BCUT2D eigenvalue weighted by molar-refractivity contribution is 6.30. The van der Waals surface area contributed by atoms with E-state index >= 15 is 0 Å². The third-order valence-electron chi connectivity index (χ3n) is 2.57. The summed E-state index contributed by atoms with van der Waals surface area (Å²) >= 11 is 5.85. The zero-order valence-corrected chi connectivity index (χ0v) is 10.5. The van der Waals surface area contributed by atoms with E-state index < -0.39 is 11.5 Å². The van der Waals surface area contributed by atoms with Crippen molar-refractivity contribution in [3.63, 3.8) is 0 Å². The molecule has 0 spiro atoms. The predicted octanol–water partition coefficient (Wildman–Crippen LogP) is 3.56. The van der Waals surface area contributed by atoms with Crippen LogP contribution < -0.4 is 5.32 Å². The summed E-state index contributed by atoms with van der Waals surface area (Å²) in [6.07, 6.45) is 2.82. The highest BCUT2D eigenvalue weighted by Gasteiger charge is 2.31. The number of benzene rings is 1. The molecular weight excluding hydrogens is 238 g/mol. The Morgan fingerprint density at radius 3 is 2.88 bits per heavy atom. The standard InChI is InChI=1S/C13H16ClNO2/c1-3-4-8-13(2,12(16)17)15-11-7-5-6-10(14)9-11/h3,5-7,9,15H,1,4,8H2,2H3,(H,16,17). The molecule has 1 rings (SSSR count). The molecule has 0 aliphatic carbocycles. The zero-order valence-electron chi connectivity index (χ0n) is 9.74. The lowest BCUT2D eigenvalue weighted by Gasteiger charge is -2.27. The Morgan fingerprint density at radius 1 is 1.65 bits per heavy atom. The Morgan fingerprint density at radius 2 is 2.35 bits per heavy atom. The van der Waals surface area contributed by atoms with Crippen LogP contribution in [-0.4, -0.2) is 16.6 Å². The van der Waals surface area contributed by atoms with Gasteiger partial charge in [0.2, 0.25) is 0 Å². The molecule has 0 saturated carbocycles. The highest BCUT2D eigenvalue weighted by Crippen LogP contribution is 2.23. The van der Waals surface area contributed by atoms with Gasteiger partial charge in [0, 0.05) is 10.7 Å². The molecule has 0 heterocycles. The van der Waals surface area contributed by atoms with Crippen LogP contribution in [0, 0.1) is 0 Å². The summed E-state index contributed by atoms with van der Waals surface area (Å²) in [4.78, 5) is 11.3. The molecule has 1 aromatic carbocycles. The van der Waals surface area contributed by atoms with Crippen molar-refractivity contribution in [2.24, 2.45) is 0 Å². The second kappa shape index (κ2) is 5.73. The molecule has 1 atom stereocenters. The minimum Gasteiger partial charge on any atom is -0.480 e. The summed E-state index contributed by atoms with van der Waals surface area (Å²) in [7, 11) is 0. The average molecular weight is 254 g/mol. The fourth-order valence-corrected chi connectivity index (χ4v) is 1.69. The lowest BCUT2D eigenvalue weighted by molar-refractivity contribution is -0.141. The van der Waals surface area contributed by atoms with Gasteiger partial charge in [-0.25, -0.2) is 4.79 Å². The number of rotatable bonds is 6. The van der Waals surface area contributed by atoms with Gasteiger partial charge in [0.15, 0.2) is 0 Å². The summed E-state index contributed by atoms with van der Waals surface area (Å²) in [6, 6.07) is 7.02. The Balaban J connectivity index is 2.86. The maximum Gasteiger partial charge on any atom is 0.329 e. The molecule has 1 unspecified atom stereocenters. The number of carbonyl (C=O) groups is 1. The van der Waals surface area contributed by atoms with Crippen molar-refractivity contribution in [1.82, 2.24) is 0 Å². The van der Waals surface area contributed by atoms with E-state index in [-0.39, 0.29) is 0 Å². The van der Waals surface area contributed by atoms with Crippen LogP contribution in [0.2, 0.25) is 5.02 Å². The number of carboxylic acids is 1. The lowest BCUT2D eigenvalue weighted by atomic mass is 9.95. The zero-order chi connectivity index (χ0) is 12.9. The van der Waals surface area contributed by atoms with Crippen molar-refractivity contribution in [2.45, 2.75) is 25.3 Å². The van der Waals surface area contributed by atoms with E-state index in [9.17, 15) is 9.90 Å². The molecule has 1 aromatic rings. The molecule has 0 bridgehead atoms. The number of allylic oxidation sites excluding steroid dienone is 1. The van der Waals surface area contributed by atoms with Gasteiger partial charge in [-0.15, -0.1) is 6.58 Å². The van der Waals surface area contributed by atoms with Gasteiger partial charge in [-0.1, -0.05) is 23.7 Å². The molecule has 4 heteroatoms. The van der Waals surface area contributed by atoms with Crippen molar-refractivity contribution < 1.29 is 9.90 Å². The van der Waals surface area contributed by atoms with Gasteiger partial charge in [0.05, 0.1) is 0 Å². The molecule has 0 aliphatic heterocycles. The number of halogens is 1. The molecule has 0 radical (unpaired) electrons. The molecule has 17 heavy (non-hydrogen) atoms. The summed E-state index contributed by atoms with van der Waals surface area (Å²) in [6.45, 7) is 5.25. The second-order valence-corrected chi connectivity index (χ2v) is 4.54. The maximum absolute atomic E-state index is 11.3. The summed E-state index contributed by atoms with van der Waals surface area (Å²) in [5.74, 6) is -0.890. The van der Waals surface area contributed by atoms with Crippen molar-refractivity contribution in [1.29, 1.82) is 0 Å². The van der Waals surface area contributed by atoms with Crippen molar-refractivity contribution in [2.75, 3.05) is 5.32 Å². The molecule has 0 saturated heterocycles. The van der Waals surface area contributed by atoms with Crippen LogP contribution in [-0.2, 0) is 4.79 Å². The first-order valence-corrected chi connectivity index (χ1v) is 5.74. The van der Waals surface area contributed by atoms with Crippen molar-refractivity contribution in [3.05, 3.63) is 41.9 Å². The van der Waals surface area contributed by atoms with Gasteiger partial charge in [-0.2, -0.15) is 0 Å². The predicted molar refractivity (Wildman–Crippen MR) is 70.5 cm³/mol. The van der Waals surface area contributed by atoms with Gasteiger partial charge in [0.1, 0.15) is 5.54 Å². The maximum atomic E-state index is 11.3. The van der Waals surface area contributed by atoms with Gasteiger partial charge in [-0.3, -0.25) is 0 Å². The van der Waals surface area contributed by atoms with Crippen LogP contribution in [0.4, 0.5) is 5.69 Å². The summed E-state index contributed by atoms with van der Waals surface area (Å²) in [5.41, 5.74) is -0.315.